The Balaban J connectivity index is 2.23. The summed E-state index contributed by atoms with van der Waals surface area (Å²) >= 11 is 1.63. The first-order valence-electron chi connectivity index (χ1n) is 4.46. The molecule has 0 aromatic carbocycles. The molecule has 1 atom stereocenters. The Morgan fingerprint density at radius 2 is 2.54 bits per heavy atom. The molecule has 74 valence electrons. The molecule has 0 aliphatic heterocycles. The van der Waals surface area contributed by atoms with Gasteiger partial charge in [-0.25, -0.2) is 4.98 Å². The van der Waals surface area contributed by atoms with Crippen molar-refractivity contribution in [2.24, 2.45) is 0 Å². The highest BCUT2D eigenvalue weighted by molar-refractivity contribution is 7.07. The third-order valence-corrected chi connectivity index (χ3v) is 2.55. The molecule has 4 heteroatoms. The lowest BCUT2D eigenvalue weighted by Crippen LogP contribution is -2.32. The van der Waals surface area contributed by atoms with Crippen LogP contribution in [0.2, 0.25) is 0 Å². The van der Waals surface area contributed by atoms with Crippen LogP contribution in [-0.2, 0) is 11.3 Å². The van der Waals surface area contributed by atoms with E-state index in [4.69, 9.17) is 4.74 Å². The number of nitrogens with one attached hydrogen (secondary N) is 1. The zero-order chi connectivity index (χ0) is 9.52. The second-order valence-corrected chi connectivity index (χ2v) is 3.64. The number of methoxy groups -OCH3 is 1. The third-order valence-electron chi connectivity index (χ3n) is 1.92. The molecule has 0 spiro atoms. The minimum atomic E-state index is 0.437. The van der Waals surface area contributed by atoms with Gasteiger partial charge in [-0.1, -0.05) is 6.92 Å². The number of hydrogen-bond acceptors (Lipinski definition) is 4. The van der Waals surface area contributed by atoms with Gasteiger partial charge in [0.25, 0.3) is 0 Å². The van der Waals surface area contributed by atoms with Crippen LogP contribution in [0.5, 0.6) is 0 Å². The molecule has 0 bridgehead atoms. The van der Waals surface area contributed by atoms with Crippen molar-refractivity contribution in [3.8, 4) is 0 Å². The molecular formula is C9H16N2OS. The van der Waals surface area contributed by atoms with Crippen molar-refractivity contribution >= 4 is 11.3 Å². The van der Waals surface area contributed by atoms with Crippen molar-refractivity contribution in [3.05, 3.63) is 16.6 Å². The Kier molecular flexibility index (Phi) is 4.97. The molecule has 0 amide bonds. The molecule has 1 N–H and O–H groups in total. The van der Waals surface area contributed by atoms with Crippen LogP contribution in [0, 0.1) is 0 Å². The molecule has 0 saturated carbocycles. The van der Waals surface area contributed by atoms with Crippen molar-refractivity contribution < 1.29 is 4.74 Å². The lowest BCUT2D eigenvalue weighted by Gasteiger charge is -2.14. The highest BCUT2D eigenvalue weighted by Gasteiger charge is 2.04. The number of thiazole rings is 1. The number of rotatable bonds is 6. The summed E-state index contributed by atoms with van der Waals surface area (Å²) in [4.78, 5) is 4.20. The third kappa shape index (κ3) is 3.85. The number of ether oxygens (including phenoxy) is 1. The van der Waals surface area contributed by atoms with Gasteiger partial charge in [0, 0.05) is 25.1 Å². The lowest BCUT2D eigenvalue weighted by atomic mass is 10.2. The summed E-state index contributed by atoms with van der Waals surface area (Å²) in [7, 11) is 1.73. The highest BCUT2D eigenvalue weighted by Crippen LogP contribution is 2.01. The molecule has 1 rings (SSSR count). The molecule has 1 unspecified atom stereocenters. The van der Waals surface area contributed by atoms with Gasteiger partial charge in [0.2, 0.25) is 0 Å². The summed E-state index contributed by atoms with van der Waals surface area (Å²) in [5.74, 6) is 0. The fourth-order valence-corrected chi connectivity index (χ4v) is 1.65. The zero-order valence-corrected chi connectivity index (χ0v) is 8.93. The van der Waals surface area contributed by atoms with Crippen molar-refractivity contribution in [1.82, 2.24) is 10.3 Å². The van der Waals surface area contributed by atoms with E-state index in [0.717, 1.165) is 25.3 Å². The summed E-state index contributed by atoms with van der Waals surface area (Å²) in [6, 6.07) is 0.437. The Labute approximate surface area is 83.1 Å². The van der Waals surface area contributed by atoms with E-state index in [1.54, 1.807) is 18.4 Å². The minimum absolute atomic E-state index is 0.437. The number of nitrogens with zero attached hydrogens (tertiary/aromatic N) is 1. The van der Waals surface area contributed by atoms with Crippen LogP contribution in [0.4, 0.5) is 0 Å². The molecule has 1 heterocycles. The van der Waals surface area contributed by atoms with E-state index in [-0.39, 0.29) is 0 Å². The first-order valence-corrected chi connectivity index (χ1v) is 5.40. The average molecular weight is 200 g/mol. The van der Waals surface area contributed by atoms with Gasteiger partial charge in [-0.15, -0.1) is 11.3 Å². The van der Waals surface area contributed by atoms with Gasteiger partial charge >= 0.3 is 0 Å². The molecule has 0 aliphatic carbocycles. The SMILES string of the molecule is CCC(COC)NCc1cscn1. The standard InChI is InChI=1S/C9H16N2OS/c1-3-8(5-12-2)10-4-9-6-13-7-11-9/h6-8,10H,3-5H2,1-2H3. The molecule has 0 aliphatic rings. The van der Waals surface area contributed by atoms with Crippen LogP contribution < -0.4 is 5.32 Å². The fourth-order valence-electron chi connectivity index (χ4n) is 1.10. The van der Waals surface area contributed by atoms with Gasteiger partial charge in [-0.2, -0.15) is 0 Å². The Bertz CT molecular complexity index is 213. The second kappa shape index (κ2) is 6.07. The van der Waals surface area contributed by atoms with E-state index in [1.807, 2.05) is 5.51 Å². The van der Waals surface area contributed by atoms with Crippen LogP contribution in [-0.4, -0.2) is 24.7 Å². The van der Waals surface area contributed by atoms with Crippen molar-refractivity contribution in [3.63, 3.8) is 0 Å². The van der Waals surface area contributed by atoms with E-state index >= 15 is 0 Å². The maximum absolute atomic E-state index is 5.08. The van der Waals surface area contributed by atoms with Gasteiger partial charge < -0.3 is 10.1 Å². The van der Waals surface area contributed by atoms with E-state index in [0.29, 0.717) is 6.04 Å². The number of hydrogen-bond donors (Lipinski definition) is 1. The van der Waals surface area contributed by atoms with E-state index in [9.17, 15) is 0 Å². The Morgan fingerprint density at radius 1 is 1.69 bits per heavy atom. The van der Waals surface area contributed by atoms with Gasteiger partial charge in [-0.3, -0.25) is 0 Å². The molecule has 13 heavy (non-hydrogen) atoms. The van der Waals surface area contributed by atoms with Gasteiger partial charge in [0.05, 0.1) is 17.8 Å². The number of aromatic nitrogens is 1. The van der Waals surface area contributed by atoms with Gasteiger partial charge in [-0.05, 0) is 6.42 Å². The van der Waals surface area contributed by atoms with Crippen molar-refractivity contribution in [2.45, 2.75) is 25.9 Å². The van der Waals surface area contributed by atoms with Crippen LogP contribution >= 0.6 is 11.3 Å². The smallest absolute Gasteiger partial charge is 0.0795 e. The second-order valence-electron chi connectivity index (χ2n) is 2.92. The molecule has 0 fully saturated rings. The van der Waals surface area contributed by atoms with Crippen molar-refractivity contribution in [2.75, 3.05) is 13.7 Å². The van der Waals surface area contributed by atoms with E-state index < -0.39 is 0 Å². The van der Waals surface area contributed by atoms with Gasteiger partial charge in [0.15, 0.2) is 0 Å². The van der Waals surface area contributed by atoms with E-state index in [1.165, 1.54) is 0 Å². The quantitative estimate of drug-likeness (QED) is 0.758. The summed E-state index contributed by atoms with van der Waals surface area (Å²) in [6.45, 7) is 3.75. The van der Waals surface area contributed by atoms with Crippen LogP contribution in [0.25, 0.3) is 0 Å². The van der Waals surface area contributed by atoms with Crippen LogP contribution in [0.1, 0.15) is 19.0 Å². The maximum Gasteiger partial charge on any atom is 0.0795 e. The van der Waals surface area contributed by atoms with Crippen LogP contribution in [0.15, 0.2) is 10.9 Å². The maximum atomic E-state index is 5.08. The summed E-state index contributed by atoms with van der Waals surface area (Å²) in [6.07, 6.45) is 1.08. The van der Waals surface area contributed by atoms with Gasteiger partial charge in [0.1, 0.15) is 0 Å². The fraction of sp³-hybridized carbons (Fsp3) is 0.667. The topological polar surface area (TPSA) is 34.1 Å². The Morgan fingerprint density at radius 3 is 3.08 bits per heavy atom. The first-order chi connectivity index (χ1) is 6.36. The summed E-state index contributed by atoms with van der Waals surface area (Å²) in [5.41, 5.74) is 2.97. The summed E-state index contributed by atoms with van der Waals surface area (Å²) < 4.78 is 5.08. The molecule has 1 aromatic heterocycles. The van der Waals surface area contributed by atoms with Crippen LogP contribution in [0.3, 0.4) is 0 Å². The molecule has 3 nitrogen and oxygen atoms in total. The molecule has 1 aromatic rings. The highest BCUT2D eigenvalue weighted by atomic mass is 32.1. The minimum Gasteiger partial charge on any atom is -0.383 e. The molecule has 0 saturated heterocycles. The largest absolute Gasteiger partial charge is 0.383 e. The normalized spacial score (nSPS) is 13.1. The first kappa shape index (κ1) is 10.6. The summed E-state index contributed by atoms with van der Waals surface area (Å²) in [5, 5.41) is 5.45. The molecule has 0 radical (unpaired) electrons. The predicted molar refractivity (Wildman–Crippen MR) is 54.9 cm³/mol. The predicted octanol–water partition coefficient (Wildman–Crippen LogP) is 1.66. The monoisotopic (exact) mass is 200 g/mol. The van der Waals surface area contributed by atoms with E-state index in [2.05, 4.69) is 22.6 Å². The molecular weight excluding hydrogens is 184 g/mol. The lowest BCUT2D eigenvalue weighted by molar-refractivity contribution is 0.163. The Hall–Kier alpha value is -0.450. The van der Waals surface area contributed by atoms with Crippen molar-refractivity contribution in [1.29, 1.82) is 0 Å². The zero-order valence-electron chi connectivity index (χ0n) is 8.12. The average Bonchev–Trinajstić information content (AvgIpc) is 2.64.